The summed E-state index contributed by atoms with van der Waals surface area (Å²) in [5.41, 5.74) is 3.23. The van der Waals surface area contributed by atoms with Gasteiger partial charge in [0.1, 0.15) is 5.60 Å². The van der Waals surface area contributed by atoms with Gasteiger partial charge in [0.15, 0.2) is 0 Å². The van der Waals surface area contributed by atoms with Crippen molar-refractivity contribution in [3.8, 4) is 0 Å². The van der Waals surface area contributed by atoms with E-state index in [2.05, 4.69) is 12.1 Å². The van der Waals surface area contributed by atoms with Gasteiger partial charge in [-0.1, -0.05) is 18.2 Å². The summed E-state index contributed by atoms with van der Waals surface area (Å²) in [6.07, 6.45) is 4.78. The maximum absolute atomic E-state index is 12.0. The molecular formula is C20H28O4. The fourth-order valence-electron chi connectivity index (χ4n) is 3.21. The lowest BCUT2D eigenvalue weighted by atomic mass is 9.81. The van der Waals surface area contributed by atoms with Gasteiger partial charge < -0.3 is 9.47 Å². The third kappa shape index (κ3) is 5.66. The number of methoxy groups -OCH3 is 1. The molecular weight excluding hydrogens is 304 g/mol. The van der Waals surface area contributed by atoms with Crippen LogP contribution < -0.4 is 0 Å². The normalized spacial score (nSPS) is 17.1. The van der Waals surface area contributed by atoms with Crippen LogP contribution in [0.15, 0.2) is 18.2 Å². The minimum atomic E-state index is -0.446. The molecule has 1 aromatic rings. The largest absolute Gasteiger partial charge is 0.469 e. The van der Waals surface area contributed by atoms with E-state index in [4.69, 9.17) is 9.47 Å². The van der Waals surface area contributed by atoms with E-state index in [-0.39, 0.29) is 11.9 Å². The molecule has 4 heteroatoms. The van der Waals surface area contributed by atoms with Gasteiger partial charge in [0.25, 0.3) is 0 Å². The number of aryl methyl sites for hydroxylation is 1. The van der Waals surface area contributed by atoms with E-state index in [1.165, 1.54) is 18.2 Å². The lowest BCUT2D eigenvalue weighted by Gasteiger charge is -2.25. The predicted octanol–water partition coefficient (Wildman–Crippen LogP) is 3.63. The van der Waals surface area contributed by atoms with Crippen LogP contribution in [0.2, 0.25) is 0 Å². The third-order valence-electron chi connectivity index (χ3n) is 4.35. The van der Waals surface area contributed by atoms with Crippen LogP contribution in [0.4, 0.5) is 0 Å². The van der Waals surface area contributed by atoms with Crippen LogP contribution in [0.3, 0.4) is 0 Å². The first-order valence-corrected chi connectivity index (χ1v) is 8.66. The number of benzene rings is 1. The van der Waals surface area contributed by atoms with Gasteiger partial charge in [0, 0.05) is 6.42 Å². The molecule has 1 aromatic carbocycles. The SMILES string of the molecule is COC(=O)CC[C@H]1CCc2cc(CC(=O)OC(C)(C)C)ccc2C1. The van der Waals surface area contributed by atoms with E-state index in [9.17, 15) is 9.59 Å². The minimum Gasteiger partial charge on any atom is -0.469 e. The molecule has 0 amide bonds. The topological polar surface area (TPSA) is 52.6 Å². The fraction of sp³-hybridized carbons (Fsp3) is 0.600. The Bertz CT molecular complexity index is 598. The van der Waals surface area contributed by atoms with Crippen molar-refractivity contribution < 1.29 is 19.1 Å². The van der Waals surface area contributed by atoms with Gasteiger partial charge in [-0.2, -0.15) is 0 Å². The second-order valence-corrected chi connectivity index (χ2v) is 7.59. The van der Waals surface area contributed by atoms with Gasteiger partial charge in [0.05, 0.1) is 13.5 Å². The quantitative estimate of drug-likeness (QED) is 0.773. The van der Waals surface area contributed by atoms with Crippen molar-refractivity contribution in [2.75, 3.05) is 7.11 Å². The number of hydrogen-bond donors (Lipinski definition) is 0. The van der Waals surface area contributed by atoms with Gasteiger partial charge in [-0.05, 0) is 69.1 Å². The highest BCUT2D eigenvalue weighted by atomic mass is 16.6. The molecule has 0 saturated carbocycles. The summed E-state index contributed by atoms with van der Waals surface area (Å²) in [6.45, 7) is 5.64. The Balaban J connectivity index is 1.93. The molecule has 2 rings (SSSR count). The zero-order valence-electron chi connectivity index (χ0n) is 15.2. The minimum absolute atomic E-state index is 0.131. The van der Waals surface area contributed by atoms with Crippen molar-refractivity contribution in [1.82, 2.24) is 0 Å². The summed E-state index contributed by atoms with van der Waals surface area (Å²) in [7, 11) is 1.44. The summed E-state index contributed by atoms with van der Waals surface area (Å²) in [4.78, 5) is 23.2. The van der Waals surface area contributed by atoms with Crippen LogP contribution in [-0.4, -0.2) is 24.6 Å². The summed E-state index contributed by atoms with van der Waals surface area (Å²) >= 11 is 0. The molecule has 0 N–H and O–H groups in total. The van der Waals surface area contributed by atoms with E-state index in [0.717, 1.165) is 31.2 Å². The number of hydrogen-bond acceptors (Lipinski definition) is 4. The molecule has 1 aliphatic carbocycles. The van der Waals surface area contributed by atoms with E-state index in [1.807, 2.05) is 26.8 Å². The van der Waals surface area contributed by atoms with E-state index in [1.54, 1.807) is 0 Å². The molecule has 132 valence electrons. The highest BCUT2D eigenvalue weighted by molar-refractivity contribution is 5.73. The molecule has 0 bridgehead atoms. The summed E-state index contributed by atoms with van der Waals surface area (Å²) in [5.74, 6) is 0.219. The van der Waals surface area contributed by atoms with Crippen molar-refractivity contribution in [2.24, 2.45) is 5.92 Å². The zero-order valence-corrected chi connectivity index (χ0v) is 15.2. The van der Waals surface area contributed by atoms with E-state index < -0.39 is 5.60 Å². The Morgan fingerprint density at radius 1 is 1.17 bits per heavy atom. The molecule has 1 aliphatic rings. The first-order chi connectivity index (χ1) is 11.3. The van der Waals surface area contributed by atoms with Gasteiger partial charge in [-0.3, -0.25) is 9.59 Å². The summed E-state index contributed by atoms with van der Waals surface area (Å²) in [5, 5.41) is 0. The molecule has 4 nitrogen and oxygen atoms in total. The summed E-state index contributed by atoms with van der Waals surface area (Å²) < 4.78 is 10.1. The van der Waals surface area contributed by atoms with Gasteiger partial charge in [0.2, 0.25) is 0 Å². The summed E-state index contributed by atoms with van der Waals surface area (Å²) in [6, 6.07) is 6.28. The Kier molecular flexibility index (Phi) is 6.03. The second-order valence-electron chi connectivity index (χ2n) is 7.59. The lowest BCUT2D eigenvalue weighted by molar-refractivity contribution is -0.154. The molecule has 0 unspecified atom stereocenters. The number of rotatable bonds is 5. The van der Waals surface area contributed by atoms with E-state index >= 15 is 0 Å². The number of ether oxygens (including phenoxy) is 2. The van der Waals surface area contributed by atoms with E-state index in [0.29, 0.717) is 18.8 Å². The number of fused-ring (bicyclic) bond motifs is 1. The predicted molar refractivity (Wildman–Crippen MR) is 92.8 cm³/mol. The maximum atomic E-state index is 12.0. The molecule has 0 aliphatic heterocycles. The van der Waals surface area contributed by atoms with Gasteiger partial charge in [-0.25, -0.2) is 0 Å². The van der Waals surface area contributed by atoms with Gasteiger partial charge >= 0.3 is 11.9 Å². The molecule has 0 saturated heterocycles. The average Bonchev–Trinajstić information content (AvgIpc) is 2.50. The Morgan fingerprint density at radius 2 is 1.92 bits per heavy atom. The molecule has 0 fully saturated rings. The monoisotopic (exact) mass is 332 g/mol. The number of carbonyl (C=O) groups is 2. The smallest absolute Gasteiger partial charge is 0.310 e. The van der Waals surface area contributed by atoms with Crippen LogP contribution in [0.25, 0.3) is 0 Å². The fourth-order valence-corrected chi connectivity index (χ4v) is 3.21. The molecule has 24 heavy (non-hydrogen) atoms. The zero-order chi connectivity index (χ0) is 17.7. The third-order valence-corrected chi connectivity index (χ3v) is 4.35. The van der Waals surface area contributed by atoms with Crippen molar-refractivity contribution >= 4 is 11.9 Å². The average molecular weight is 332 g/mol. The highest BCUT2D eigenvalue weighted by Crippen LogP contribution is 2.29. The van der Waals surface area contributed by atoms with Crippen LogP contribution in [0, 0.1) is 5.92 Å². The van der Waals surface area contributed by atoms with Gasteiger partial charge in [-0.15, -0.1) is 0 Å². The van der Waals surface area contributed by atoms with Crippen molar-refractivity contribution in [1.29, 1.82) is 0 Å². The molecule has 0 aromatic heterocycles. The van der Waals surface area contributed by atoms with Crippen LogP contribution >= 0.6 is 0 Å². The Labute approximate surface area is 144 Å². The lowest BCUT2D eigenvalue weighted by Crippen LogP contribution is -2.25. The second kappa shape index (κ2) is 7.82. The molecule has 0 spiro atoms. The van der Waals surface area contributed by atoms with Crippen LogP contribution in [0.1, 0.15) is 56.7 Å². The first-order valence-electron chi connectivity index (χ1n) is 8.66. The van der Waals surface area contributed by atoms with Crippen molar-refractivity contribution in [3.63, 3.8) is 0 Å². The Morgan fingerprint density at radius 3 is 2.58 bits per heavy atom. The highest BCUT2D eigenvalue weighted by Gasteiger charge is 2.21. The Hall–Kier alpha value is -1.84. The first kappa shape index (κ1) is 18.5. The molecule has 1 atom stereocenters. The molecule has 0 radical (unpaired) electrons. The van der Waals surface area contributed by atoms with Crippen LogP contribution in [-0.2, 0) is 38.3 Å². The standard InChI is InChI=1S/C20H28O4/c1-20(2,3)24-19(22)13-15-6-9-16-11-14(5-8-17(16)12-15)7-10-18(21)23-4/h6,9,12,14H,5,7-8,10-11,13H2,1-4H3/t14-/m1/s1. The number of carbonyl (C=O) groups excluding carboxylic acids is 2. The number of esters is 2. The van der Waals surface area contributed by atoms with Crippen molar-refractivity contribution in [3.05, 3.63) is 34.9 Å². The van der Waals surface area contributed by atoms with Crippen molar-refractivity contribution in [2.45, 2.75) is 64.9 Å². The van der Waals surface area contributed by atoms with Crippen LogP contribution in [0.5, 0.6) is 0 Å². The molecule has 0 heterocycles. The maximum Gasteiger partial charge on any atom is 0.310 e.